The smallest absolute Gasteiger partial charge is 0.323 e. The summed E-state index contributed by atoms with van der Waals surface area (Å²) in [5.41, 5.74) is 2.68. The van der Waals surface area contributed by atoms with Gasteiger partial charge in [-0.2, -0.15) is 5.10 Å². The third kappa shape index (κ3) is 2.59. The summed E-state index contributed by atoms with van der Waals surface area (Å²) in [5.74, 6) is -0.697. The van der Waals surface area contributed by atoms with Gasteiger partial charge in [0.05, 0.1) is 11.7 Å². The fraction of sp³-hybridized carbons (Fsp3) is 0.750. The average Bonchev–Trinajstić information content (AvgIpc) is 3.22. The van der Waals surface area contributed by atoms with E-state index in [1.807, 2.05) is 6.92 Å². The Hall–Kier alpha value is -1.36. The number of carboxylic acids is 1. The lowest BCUT2D eigenvalue weighted by atomic mass is 9.78. The summed E-state index contributed by atoms with van der Waals surface area (Å²) < 4.78 is 2.07. The Morgan fingerprint density at radius 2 is 2.05 bits per heavy atom. The predicted molar refractivity (Wildman–Crippen MR) is 80.5 cm³/mol. The number of nitrogens with zero attached hydrogens (tertiary/aromatic N) is 2. The van der Waals surface area contributed by atoms with Gasteiger partial charge in [0.25, 0.3) is 0 Å². The number of nitrogens with one attached hydrogen (secondary N) is 1. The van der Waals surface area contributed by atoms with E-state index in [1.54, 1.807) is 0 Å². The van der Waals surface area contributed by atoms with Gasteiger partial charge in [-0.15, -0.1) is 0 Å². The molecule has 0 bridgehead atoms. The van der Waals surface area contributed by atoms with Crippen molar-refractivity contribution in [1.82, 2.24) is 15.1 Å². The van der Waals surface area contributed by atoms with Crippen molar-refractivity contribution in [2.24, 2.45) is 0 Å². The van der Waals surface area contributed by atoms with Crippen LogP contribution in [-0.4, -0.2) is 32.4 Å². The molecule has 21 heavy (non-hydrogen) atoms. The maximum Gasteiger partial charge on any atom is 0.323 e. The molecule has 116 valence electrons. The van der Waals surface area contributed by atoms with E-state index < -0.39 is 11.5 Å². The number of rotatable bonds is 4. The molecule has 0 aliphatic heterocycles. The molecule has 0 aromatic carbocycles. The third-order valence-corrected chi connectivity index (χ3v) is 5.22. The quantitative estimate of drug-likeness (QED) is 0.894. The summed E-state index contributed by atoms with van der Waals surface area (Å²) >= 11 is 0. The topological polar surface area (TPSA) is 67.2 Å². The summed E-state index contributed by atoms with van der Waals surface area (Å²) in [6, 6.07) is 0.593. The average molecular weight is 291 g/mol. The Balaban J connectivity index is 1.86. The summed E-state index contributed by atoms with van der Waals surface area (Å²) in [4.78, 5) is 11.9. The van der Waals surface area contributed by atoms with Crippen LogP contribution in [0, 0.1) is 20.8 Å². The minimum Gasteiger partial charge on any atom is -0.480 e. The molecular weight excluding hydrogens is 266 g/mol. The summed E-state index contributed by atoms with van der Waals surface area (Å²) in [5, 5.41) is 17.8. The van der Waals surface area contributed by atoms with Crippen LogP contribution in [0.3, 0.4) is 0 Å². The molecule has 2 N–H and O–H groups in total. The summed E-state index contributed by atoms with van der Waals surface area (Å²) in [6.45, 7) is 6.19. The summed E-state index contributed by atoms with van der Waals surface area (Å²) in [6.07, 6.45) is 5.54. The van der Waals surface area contributed by atoms with Gasteiger partial charge in [0.2, 0.25) is 0 Å². The van der Waals surface area contributed by atoms with Crippen molar-refractivity contribution in [3.05, 3.63) is 17.0 Å². The number of aliphatic carboxylic acids is 1. The molecule has 5 nitrogen and oxygen atoms in total. The highest BCUT2D eigenvalue weighted by Gasteiger charge is 2.46. The molecule has 0 radical (unpaired) electrons. The van der Waals surface area contributed by atoms with Crippen molar-refractivity contribution < 1.29 is 9.90 Å². The maximum atomic E-state index is 11.9. The first-order chi connectivity index (χ1) is 9.93. The molecule has 0 saturated heterocycles. The second-order valence-corrected chi connectivity index (χ2v) is 6.80. The zero-order chi connectivity index (χ0) is 15.2. The van der Waals surface area contributed by atoms with Crippen molar-refractivity contribution in [3.8, 4) is 0 Å². The lowest BCUT2D eigenvalue weighted by Gasteiger charge is -2.39. The van der Waals surface area contributed by atoms with Crippen LogP contribution in [0.4, 0.5) is 0 Å². The van der Waals surface area contributed by atoms with Gasteiger partial charge in [-0.1, -0.05) is 0 Å². The van der Waals surface area contributed by atoms with Gasteiger partial charge in [0.1, 0.15) is 5.54 Å². The van der Waals surface area contributed by atoms with Gasteiger partial charge in [0, 0.05) is 11.7 Å². The predicted octanol–water partition coefficient (Wildman–Crippen LogP) is 2.50. The van der Waals surface area contributed by atoms with Gasteiger partial charge in [-0.05, 0) is 64.9 Å². The number of aryl methyl sites for hydroxylation is 1. The molecule has 2 fully saturated rings. The Labute approximate surface area is 125 Å². The molecule has 1 heterocycles. The van der Waals surface area contributed by atoms with Gasteiger partial charge >= 0.3 is 5.97 Å². The van der Waals surface area contributed by atoms with E-state index in [2.05, 4.69) is 28.9 Å². The first-order valence-electron chi connectivity index (χ1n) is 7.96. The fourth-order valence-corrected chi connectivity index (χ4v) is 3.56. The Kier molecular flexibility index (Phi) is 3.56. The van der Waals surface area contributed by atoms with Crippen LogP contribution in [0.15, 0.2) is 0 Å². The molecule has 2 aliphatic carbocycles. The van der Waals surface area contributed by atoms with E-state index >= 15 is 0 Å². The molecule has 3 rings (SSSR count). The van der Waals surface area contributed by atoms with E-state index in [0.29, 0.717) is 12.5 Å². The molecule has 0 amide bonds. The maximum absolute atomic E-state index is 11.9. The number of carboxylic acid groups (broad SMARTS) is 1. The molecular formula is C16H25N3O2. The van der Waals surface area contributed by atoms with Gasteiger partial charge in [0.15, 0.2) is 0 Å². The van der Waals surface area contributed by atoms with Gasteiger partial charge in [-0.25, -0.2) is 0 Å². The van der Waals surface area contributed by atoms with E-state index in [4.69, 9.17) is 0 Å². The first-order valence-corrected chi connectivity index (χ1v) is 7.96. The second kappa shape index (κ2) is 5.13. The van der Waals surface area contributed by atoms with Crippen molar-refractivity contribution in [2.45, 2.75) is 76.9 Å². The minimum atomic E-state index is -0.760. The monoisotopic (exact) mass is 291 g/mol. The molecule has 0 spiro atoms. The lowest BCUT2D eigenvalue weighted by Crippen LogP contribution is -2.56. The van der Waals surface area contributed by atoms with Crippen LogP contribution in [0.25, 0.3) is 0 Å². The molecule has 5 heteroatoms. The van der Waals surface area contributed by atoms with Crippen molar-refractivity contribution in [1.29, 1.82) is 0 Å². The van der Waals surface area contributed by atoms with Crippen molar-refractivity contribution >= 4 is 5.97 Å². The lowest BCUT2D eigenvalue weighted by molar-refractivity contribution is -0.147. The highest BCUT2D eigenvalue weighted by atomic mass is 16.4. The van der Waals surface area contributed by atoms with Crippen LogP contribution >= 0.6 is 0 Å². The standard InChI is InChI=1S/C16H25N3O2/c1-10-11(2)18-19(12(10)3)14-5-4-8-16(9-14,15(20)21)17-13-6-7-13/h13-14,17H,4-9H2,1-3H3,(H,20,21). The molecule has 1 aromatic rings. The normalized spacial score (nSPS) is 29.6. The molecule has 1 aromatic heterocycles. The number of carbonyl (C=O) groups is 1. The van der Waals surface area contributed by atoms with E-state index in [0.717, 1.165) is 37.8 Å². The molecule has 2 unspecified atom stereocenters. The van der Waals surface area contributed by atoms with Crippen LogP contribution < -0.4 is 5.32 Å². The SMILES string of the molecule is Cc1nn(C2CCCC(NC3CC3)(C(=O)O)C2)c(C)c1C. The van der Waals surface area contributed by atoms with Crippen molar-refractivity contribution in [2.75, 3.05) is 0 Å². The second-order valence-electron chi connectivity index (χ2n) is 6.80. The fourth-order valence-electron chi connectivity index (χ4n) is 3.56. The Morgan fingerprint density at radius 1 is 1.33 bits per heavy atom. The van der Waals surface area contributed by atoms with E-state index in [9.17, 15) is 9.90 Å². The van der Waals surface area contributed by atoms with Gasteiger partial charge < -0.3 is 5.11 Å². The van der Waals surface area contributed by atoms with Crippen LogP contribution in [0.2, 0.25) is 0 Å². The highest BCUT2D eigenvalue weighted by molar-refractivity contribution is 5.79. The van der Waals surface area contributed by atoms with Crippen molar-refractivity contribution in [3.63, 3.8) is 0 Å². The molecule has 2 atom stereocenters. The van der Waals surface area contributed by atoms with E-state index in [-0.39, 0.29) is 6.04 Å². The first kappa shape index (κ1) is 14.6. The number of hydrogen-bond donors (Lipinski definition) is 2. The van der Waals surface area contributed by atoms with Crippen LogP contribution in [-0.2, 0) is 4.79 Å². The molecule has 2 saturated carbocycles. The van der Waals surface area contributed by atoms with Crippen LogP contribution in [0.1, 0.15) is 61.5 Å². The zero-order valence-electron chi connectivity index (χ0n) is 13.1. The van der Waals surface area contributed by atoms with Crippen LogP contribution in [0.5, 0.6) is 0 Å². The zero-order valence-corrected chi connectivity index (χ0v) is 13.1. The molecule has 2 aliphatic rings. The number of hydrogen-bond acceptors (Lipinski definition) is 3. The Bertz CT molecular complexity index is 562. The van der Waals surface area contributed by atoms with Gasteiger partial charge in [-0.3, -0.25) is 14.8 Å². The minimum absolute atomic E-state index is 0.188. The highest BCUT2D eigenvalue weighted by Crippen LogP contribution is 2.39. The summed E-state index contributed by atoms with van der Waals surface area (Å²) in [7, 11) is 0. The third-order valence-electron chi connectivity index (χ3n) is 5.22. The Morgan fingerprint density at radius 3 is 2.57 bits per heavy atom. The van der Waals surface area contributed by atoms with E-state index in [1.165, 1.54) is 11.3 Å². The largest absolute Gasteiger partial charge is 0.480 e. The number of aromatic nitrogens is 2.